The number of hydrogen-bond donors (Lipinski definition) is 1. The molecule has 162 valence electrons. The second kappa shape index (κ2) is 9.49. The maximum Gasteiger partial charge on any atom is 0.265 e. The maximum absolute atomic E-state index is 12.9. The first-order valence-electron chi connectivity index (χ1n) is 10.1. The highest BCUT2D eigenvalue weighted by molar-refractivity contribution is 7.89. The number of carbonyl (C=O) groups excluding carboxylic acids is 1. The monoisotopic (exact) mass is 432 g/mol. The lowest BCUT2D eigenvalue weighted by Crippen LogP contribution is -2.31. The van der Waals surface area contributed by atoms with Crippen molar-refractivity contribution in [3.05, 3.63) is 48.0 Å². The lowest BCUT2D eigenvalue weighted by atomic mass is 10.1. The second-order valence-corrected chi connectivity index (χ2v) is 9.12. The number of nitrogens with one attached hydrogen (secondary N) is 1. The minimum atomic E-state index is -3.60. The van der Waals surface area contributed by atoms with Gasteiger partial charge in [0.2, 0.25) is 10.0 Å². The predicted octanol–water partition coefficient (Wildman–Crippen LogP) is 3.45. The van der Waals surface area contributed by atoms with Crippen molar-refractivity contribution in [1.82, 2.24) is 4.31 Å². The summed E-state index contributed by atoms with van der Waals surface area (Å²) in [6, 6.07) is 12.1. The summed E-state index contributed by atoms with van der Waals surface area (Å²) in [4.78, 5) is 12.9. The van der Waals surface area contributed by atoms with E-state index in [-0.39, 0.29) is 4.90 Å². The zero-order valence-corrected chi connectivity index (χ0v) is 18.4. The van der Waals surface area contributed by atoms with Gasteiger partial charge in [-0.15, -0.1) is 0 Å². The first kappa shape index (κ1) is 22.1. The van der Waals surface area contributed by atoms with Crippen molar-refractivity contribution in [3.8, 4) is 11.5 Å². The molecule has 0 radical (unpaired) electrons. The molecule has 1 atom stereocenters. The van der Waals surface area contributed by atoms with E-state index in [1.54, 1.807) is 13.0 Å². The minimum Gasteiger partial charge on any atom is -0.495 e. The number of para-hydroxylation sites is 1. The zero-order chi connectivity index (χ0) is 21.7. The molecular formula is C22H28N2O5S. The van der Waals surface area contributed by atoms with Gasteiger partial charge in [0.15, 0.2) is 6.10 Å². The summed E-state index contributed by atoms with van der Waals surface area (Å²) in [6.07, 6.45) is 1.72. The number of benzene rings is 2. The quantitative estimate of drug-likeness (QED) is 0.691. The fourth-order valence-electron chi connectivity index (χ4n) is 3.41. The number of sulfonamides is 1. The van der Waals surface area contributed by atoms with Crippen LogP contribution in [0.5, 0.6) is 11.5 Å². The Balaban J connectivity index is 1.80. The molecule has 0 spiro atoms. The van der Waals surface area contributed by atoms with E-state index in [0.717, 1.165) is 24.8 Å². The van der Waals surface area contributed by atoms with Crippen molar-refractivity contribution in [2.45, 2.75) is 44.1 Å². The SMILES string of the molecule is CCc1ccccc1O[C@H](C)C(=O)Nc1cc(S(=O)(=O)N2CCCC2)ccc1OC. The molecule has 0 aliphatic carbocycles. The van der Waals surface area contributed by atoms with Crippen LogP contribution in [0.2, 0.25) is 0 Å². The summed E-state index contributed by atoms with van der Waals surface area (Å²) in [5.41, 5.74) is 1.30. The average Bonchev–Trinajstić information content (AvgIpc) is 3.30. The molecule has 1 aliphatic heterocycles. The van der Waals surface area contributed by atoms with Gasteiger partial charge in [-0.05, 0) is 56.0 Å². The molecule has 1 aliphatic rings. The Morgan fingerprint density at radius 3 is 2.50 bits per heavy atom. The zero-order valence-electron chi connectivity index (χ0n) is 17.6. The summed E-state index contributed by atoms with van der Waals surface area (Å²) >= 11 is 0. The molecule has 1 heterocycles. The van der Waals surface area contributed by atoms with E-state index in [0.29, 0.717) is 30.3 Å². The largest absolute Gasteiger partial charge is 0.495 e. The summed E-state index contributed by atoms with van der Waals surface area (Å²) in [7, 11) is -2.14. The highest BCUT2D eigenvalue weighted by atomic mass is 32.2. The number of methoxy groups -OCH3 is 1. The number of aryl methyl sites for hydroxylation is 1. The lowest BCUT2D eigenvalue weighted by molar-refractivity contribution is -0.122. The van der Waals surface area contributed by atoms with Gasteiger partial charge >= 0.3 is 0 Å². The fourth-order valence-corrected chi connectivity index (χ4v) is 4.96. The number of hydrogen-bond acceptors (Lipinski definition) is 5. The standard InChI is InChI=1S/C22H28N2O5S/c1-4-17-9-5-6-10-20(17)29-16(2)22(25)23-19-15-18(11-12-21(19)28-3)30(26,27)24-13-7-8-14-24/h5-6,9-12,15-16H,4,7-8,13-14H2,1-3H3,(H,23,25)/t16-/m1/s1. The van der Waals surface area contributed by atoms with Gasteiger partial charge in [-0.3, -0.25) is 4.79 Å². The van der Waals surface area contributed by atoms with Crippen LogP contribution in [0.25, 0.3) is 0 Å². The van der Waals surface area contributed by atoms with Crippen LogP contribution in [0.3, 0.4) is 0 Å². The van der Waals surface area contributed by atoms with E-state index in [1.165, 1.54) is 23.5 Å². The molecule has 1 fully saturated rings. The van der Waals surface area contributed by atoms with Gasteiger partial charge in [0.1, 0.15) is 11.5 Å². The Labute approximate surface area is 178 Å². The Kier molecular flexibility index (Phi) is 6.99. The number of rotatable bonds is 8. The van der Waals surface area contributed by atoms with Gasteiger partial charge in [-0.25, -0.2) is 8.42 Å². The van der Waals surface area contributed by atoms with Crippen molar-refractivity contribution in [1.29, 1.82) is 0 Å². The molecule has 7 nitrogen and oxygen atoms in total. The van der Waals surface area contributed by atoms with Gasteiger partial charge < -0.3 is 14.8 Å². The van der Waals surface area contributed by atoms with Crippen molar-refractivity contribution in [2.75, 3.05) is 25.5 Å². The maximum atomic E-state index is 12.9. The molecule has 1 saturated heterocycles. The van der Waals surface area contributed by atoms with Gasteiger partial charge in [0.05, 0.1) is 17.7 Å². The van der Waals surface area contributed by atoms with Gasteiger partial charge in [-0.2, -0.15) is 4.31 Å². The molecule has 1 N–H and O–H groups in total. The number of carbonyl (C=O) groups is 1. The third-order valence-corrected chi connectivity index (χ3v) is 7.05. The fraction of sp³-hybridized carbons (Fsp3) is 0.409. The van der Waals surface area contributed by atoms with Crippen LogP contribution in [-0.4, -0.2) is 44.9 Å². The van der Waals surface area contributed by atoms with Crippen molar-refractivity contribution in [2.24, 2.45) is 0 Å². The van der Waals surface area contributed by atoms with Crippen LogP contribution in [0.4, 0.5) is 5.69 Å². The van der Waals surface area contributed by atoms with E-state index < -0.39 is 22.0 Å². The number of nitrogens with zero attached hydrogens (tertiary/aromatic N) is 1. The van der Waals surface area contributed by atoms with E-state index in [1.807, 2.05) is 31.2 Å². The molecule has 8 heteroatoms. The molecular weight excluding hydrogens is 404 g/mol. The summed E-state index contributed by atoms with van der Waals surface area (Å²) in [5.74, 6) is 0.639. The third kappa shape index (κ3) is 4.76. The van der Waals surface area contributed by atoms with E-state index in [9.17, 15) is 13.2 Å². The molecule has 2 aromatic carbocycles. The minimum absolute atomic E-state index is 0.130. The van der Waals surface area contributed by atoms with E-state index >= 15 is 0 Å². The lowest BCUT2D eigenvalue weighted by Gasteiger charge is -2.19. The topological polar surface area (TPSA) is 84.9 Å². The molecule has 1 amide bonds. The number of amides is 1. The van der Waals surface area contributed by atoms with E-state index in [4.69, 9.17) is 9.47 Å². The Morgan fingerprint density at radius 2 is 1.83 bits per heavy atom. The number of ether oxygens (including phenoxy) is 2. The van der Waals surface area contributed by atoms with Crippen molar-refractivity contribution >= 4 is 21.6 Å². The molecule has 2 aromatic rings. The summed E-state index contributed by atoms with van der Waals surface area (Å²) < 4.78 is 38.4. The Morgan fingerprint density at radius 1 is 1.13 bits per heavy atom. The highest BCUT2D eigenvalue weighted by Gasteiger charge is 2.28. The molecule has 30 heavy (non-hydrogen) atoms. The summed E-state index contributed by atoms with van der Waals surface area (Å²) in [5, 5.41) is 2.75. The highest BCUT2D eigenvalue weighted by Crippen LogP contribution is 2.30. The molecule has 3 rings (SSSR count). The Hall–Kier alpha value is -2.58. The predicted molar refractivity (Wildman–Crippen MR) is 116 cm³/mol. The first-order chi connectivity index (χ1) is 14.4. The van der Waals surface area contributed by atoms with E-state index in [2.05, 4.69) is 5.32 Å². The van der Waals surface area contributed by atoms with Gasteiger partial charge in [0, 0.05) is 13.1 Å². The van der Waals surface area contributed by atoms with Gasteiger partial charge in [-0.1, -0.05) is 25.1 Å². The smallest absolute Gasteiger partial charge is 0.265 e. The van der Waals surface area contributed by atoms with Crippen LogP contribution >= 0.6 is 0 Å². The normalized spacial score (nSPS) is 15.6. The van der Waals surface area contributed by atoms with Crippen LogP contribution in [0, 0.1) is 0 Å². The van der Waals surface area contributed by atoms with Gasteiger partial charge in [0.25, 0.3) is 5.91 Å². The van der Waals surface area contributed by atoms with Crippen LogP contribution in [-0.2, 0) is 21.2 Å². The van der Waals surface area contributed by atoms with Crippen molar-refractivity contribution in [3.63, 3.8) is 0 Å². The van der Waals surface area contributed by atoms with Crippen LogP contribution < -0.4 is 14.8 Å². The first-order valence-corrected chi connectivity index (χ1v) is 11.5. The van der Waals surface area contributed by atoms with Crippen LogP contribution in [0.15, 0.2) is 47.4 Å². The molecule has 0 unspecified atom stereocenters. The molecule has 0 saturated carbocycles. The third-order valence-electron chi connectivity index (χ3n) is 5.16. The number of anilines is 1. The van der Waals surface area contributed by atoms with Crippen LogP contribution in [0.1, 0.15) is 32.3 Å². The molecule has 0 bridgehead atoms. The Bertz CT molecular complexity index is 1000. The summed E-state index contributed by atoms with van der Waals surface area (Å²) in [6.45, 7) is 4.69. The molecule has 0 aromatic heterocycles. The van der Waals surface area contributed by atoms with Crippen molar-refractivity contribution < 1.29 is 22.7 Å². The average molecular weight is 433 g/mol. The second-order valence-electron chi connectivity index (χ2n) is 7.18.